The highest BCUT2D eigenvalue weighted by Gasteiger charge is 2.30. The highest BCUT2D eigenvalue weighted by atomic mass is 32.2. The molecule has 0 aromatic heterocycles. The zero-order valence-corrected chi connectivity index (χ0v) is 13.1. The second-order valence-electron chi connectivity index (χ2n) is 4.46. The molecule has 9 heteroatoms. The van der Waals surface area contributed by atoms with E-state index in [1.54, 1.807) is 20.8 Å². The number of carbonyl (C=O) groups excluding carboxylic acids is 2. The van der Waals surface area contributed by atoms with Gasteiger partial charge in [-0.1, -0.05) is 13.8 Å². The number of ether oxygens (including phenoxy) is 2. The van der Waals surface area contributed by atoms with Gasteiger partial charge in [0.2, 0.25) is 0 Å². The molecular formula is C11H22N2O6S. The smallest absolute Gasteiger partial charge is 0.324 e. The van der Waals surface area contributed by atoms with Crippen molar-refractivity contribution < 1.29 is 27.5 Å². The number of esters is 2. The summed E-state index contributed by atoms with van der Waals surface area (Å²) in [6, 6.07) is -2.09. The van der Waals surface area contributed by atoms with Crippen LogP contribution >= 0.6 is 0 Å². The third kappa shape index (κ3) is 6.31. The van der Waals surface area contributed by atoms with Crippen molar-refractivity contribution in [1.82, 2.24) is 9.44 Å². The van der Waals surface area contributed by atoms with Crippen LogP contribution < -0.4 is 9.44 Å². The molecular weight excluding hydrogens is 288 g/mol. The average molecular weight is 310 g/mol. The van der Waals surface area contributed by atoms with Gasteiger partial charge in [0, 0.05) is 0 Å². The summed E-state index contributed by atoms with van der Waals surface area (Å²) < 4.78 is 37.1. The van der Waals surface area contributed by atoms with Gasteiger partial charge < -0.3 is 9.47 Å². The molecule has 0 radical (unpaired) electrons. The molecule has 2 atom stereocenters. The van der Waals surface area contributed by atoms with Crippen molar-refractivity contribution in [3.05, 3.63) is 0 Å². The molecule has 0 bridgehead atoms. The van der Waals surface area contributed by atoms with E-state index in [0.717, 1.165) is 0 Å². The van der Waals surface area contributed by atoms with E-state index < -0.39 is 34.2 Å². The van der Waals surface area contributed by atoms with Gasteiger partial charge in [-0.25, -0.2) is 0 Å². The first-order chi connectivity index (χ1) is 9.14. The first-order valence-electron chi connectivity index (χ1n) is 6.18. The van der Waals surface area contributed by atoms with E-state index in [1.165, 1.54) is 14.0 Å². The maximum absolute atomic E-state index is 11.8. The molecule has 2 unspecified atom stereocenters. The normalized spacial score (nSPS) is 14.7. The van der Waals surface area contributed by atoms with Crippen molar-refractivity contribution in [2.24, 2.45) is 5.92 Å². The molecule has 118 valence electrons. The van der Waals surface area contributed by atoms with Crippen LogP contribution in [0.3, 0.4) is 0 Å². The van der Waals surface area contributed by atoms with Crippen molar-refractivity contribution in [2.45, 2.75) is 39.8 Å². The fourth-order valence-electron chi connectivity index (χ4n) is 1.33. The summed E-state index contributed by atoms with van der Waals surface area (Å²) in [5.74, 6) is -1.71. The van der Waals surface area contributed by atoms with Crippen LogP contribution in [0.15, 0.2) is 0 Å². The molecule has 0 aromatic rings. The number of nitrogens with one attached hydrogen (secondary N) is 2. The summed E-state index contributed by atoms with van der Waals surface area (Å²) in [4.78, 5) is 22.8. The minimum Gasteiger partial charge on any atom is -0.468 e. The zero-order valence-electron chi connectivity index (χ0n) is 12.3. The summed E-state index contributed by atoms with van der Waals surface area (Å²) in [6.07, 6.45) is 0. The Hall–Kier alpha value is -1.19. The fraction of sp³-hybridized carbons (Fsp3) is 0.818. The first-order valence-corrected chi connectivity index (χ1v) is 7.67. The lowest BCUT2D eigenvalue weighted by molar-refractivity contribution is -0.144. The van der Waals surface area contributed by atoms with Gasteiger partial charge in [-0.05, 0) is 19.8 Å². The third-order valence-electron chi connectivity index (χ3n) is 2.38. The van der Waals surface area contributed by atoms with E-state index >= 15 is 0 Å². The number of carbonyl (C=O) groups is 2. The van der Waals surface area contributed by atoms with Gasteiger partial charge in [0.05, 0.1) is 13.7 Å². The van der Waals surface area contributed by atoms with Crippen LogP contribution in [0.25, 0.3) is 0 Å². The van der Waals surface area contributed by atoms with Gasteiger partial charge in [0.1, 0.15) is 12.1 Å². The van der Waals surface area contributed by atoms with Crippen LogP contribution in [0.1, 0.15) is 27.7 Å². The highest BCUT2D eigenvalue weighted by Crippen LogP contribution is 2.05. The Balaban J connectivity index is 4.80. The van der Waals surface area contributed by atoms with Gasteiger partial charge in [0.15, 0.2) is 0 Å². The molecule has 0 fully saturated rings. The molecule has 0 saturated carbocycles. The summed E-state index contributed by atoms with van der Waals surface area (Å²) in [7, 11) is -2.88. The Morgan fingerprint density at radius 3 is 2.05 bits per heavy atom. The quantitative estimate of drug-likeness (QED) is 0.588. The second-order valence-corrected chi connectivity index (χ2v) is 5.94. The maximum Gasteiger partial charge on any atom is 0.324 e. The molecule has 0 aliphatic carbocycles. The number of hydrogen-bond acceptors (Lipinski definition) is 6. The highest BCUT2D eigenvalue weighted by molar-refractivity contribution is 7.87. The molecule has 0 aromatic carbocycles. The summed E-state index contributed by atoms with van der Waals surface area (Å²) in [5, 5.41) is 0. The lowest BCUT2D eigenvalue weighted by Gasteiger charge is -2.21. The Morgan fingerprint density at radius 1 is 1.10 bits per heavy atom. The minimum atomic E-state index is -4.05. The SMILES string of the molecule is CCOC(=O)C(C)NS(=O)(=O)NC(C(=O)OC)C(C)C. The lowest BCUT2D eigenvalue weighted by atomic mass is 10.1. The fourth-order valence-corrected chi connectivity index (χ4v) is 2.67. The van der Waals surface area contributed by atoms with E-state index in [0.29, 0.717) is 0 Å². The molecule has 0 heterocycles. The molecule has 0 amide bonds. The van der Waals surface area contributed by atoms with E-state index in [2.05, 4.69) is 18.9 Å². The monoisotopic (exact) mass is 310 g/mol. The molecule has 0 spiro atoms. The van der Waals surface area contributed by atoms with Crippen molar-refractivity contribution in [3.8, 4) is 0 Å². The van der Waals surface area contributed by atoms with Gasteiger partial charge in [0.25, 0.3) is 10.2 Å². The van der Waals surface area contributed by atoms with Gasteiger partial charge in [-0.15, -0.1) is 0 Å². The van der Waals surface area contributed by atoms with Crippen LogP contribution in [-0.2, 0) is 29.3 Å². The van der Waals surface area contributed by atoms with Gasteiger partial charge >= 0.3 is 11.9 Å². The van der Waals surface area contributed by atoms with Crippen LogP contribution in [-0.4, -0.2) is 46.2 Å². The van der Waals surface area contributed by atoms with Crippen LogP contribution in [0.4, 0.5) is 0 Å². The predicted molar refractivity (Wildman–Crippen MR) is 71.9 cm³/mol. The molecule has 0 aliphatic rings. The molecule has 20 heavy (non-hydrogen) atoms. The van der Waals surface area contributed by atoms with Crippen LogP contribution in [0.2, 0.25) is 0 Å². The van der Waals surface area contributed by atoms with Gasteiger partial charge in [-0.2, -0.15) is 17.9 Å². The second kappa shape index (κ2) is 8.18. The van der Waals surface area contributed by atoms with E-state index in [1.807, 2.05) is 0 Å². The number of rotatable bonds is 8. The van der Waals surface area contributed by atoms with Crippen LogP contribution in [0, 0.1) is 5.92 Å². The zero-order chi connectivity index (χ0) is 15.9. The summed E-state index contributed by atoms with van der Waals surface area (Å²) in [5.41, 5.74) is 0. The van der Waals surface area contributed by atoms with Crippen molar-refractivity contribution in [1.29, 1.82) is 0 Å². The molecule has 0 rings (SSSR count). The van der Waals surface area contributed by atoms with E-state index in [-0.39, 0.29) is 12.5 Å². The van der Waals surface area contributed by atoms with Crippen LogP contribution in [0.5, 0.6) is 0 Å². The van der Waals surface area contributed by atoms with Crippen molar-refractivity contribution >= 4 is 22.1 Å². The molecule has 2 N–H and O–H groups in total. The van der Waals surface area contributed by atoms with Gasteiger partial charge in [-0.3, -0.25) is 9.59 Å². The average Bonchev–Trinajstić information content (AvgIpc) is 2.34. The lowest BCUT2D eigenvalue weighted by Crippen LogP contribution is -2.52. The predicted octanol–water partition coefficient (Wildman–Crippen LogP) is -0.440. The maximum atomic E-state index is 11.8. The number of hydrogen-bond donors (Lipinski definition) is 2. The topological polar surface area (TPSA) is 111 Å². The van der Waals surface area contributed by atoms with E-state index in [9.17, 15) is 18.0 Å². The molecule has 8 nitrogen and oxygen atoms in total. The number of methoxy groups -OCH3 is 1. The standard InChI is InChI=1S/C11H22N2O6S/c1-6-19-10(14)8(4)12-20(16,17)13-9(7(2)3)11(15)18-5/h7-9,12-13H,6H2,1-5H3. The minimum absolute atomic E-state index is 0.148. The summed E-state index contributed by atoms with van der Waals surface area (Å²) in [6.45, 7) is 6.44. The Morgan fingerprint density at radius 2 is 1.65 bits per heavy atom. The Labute approximate surface area is 119 Å². The van der Waals surface area contributed by atoms with Crippen molar-refractivity contribution in [2.75, 3.05) is 13.7 Å². The third-order valence-corrected chi connectivity index (χ3v) is 3.60. The van der Waals surface area contributed by atoms with Crippen molar-refractivity contribution in [3.63, 3.8) is 0 Å². The Kier molecular flexibility index (Phi) is 7.69. The van der Waals surface area contributed by atoms with E-state index in [4.69, 9.17) is 0 Å². The molecule has 0 aliphatic heterocycles. The largest absolute Gasteiger partial charge is 0.468 e. The molecule has 0 saturated heterocycles. The first kappa shape index (κ1) is 18.8. The Bertz CT molecular complexity index is 434. The summed E-state index contributed by atoms with van der Waals surface area (Å²) >= 11 is 0.